The second-order valence-corrected chi connectivity index (χ2v) is 6.13. The highest BCUT2D eigenvalue weighted by atomic mass is 32.1. The highest BCUT2D eigenvalue weighted by Crippen LogP contribution is 2.23. The van der Waals surface area contributed by atoms with Gasteiger partial charge in [-0.05, 0) is 32.4 Å². The van der Waals surface area contributed by atoms with Crippen LogP contribution in [0.5, 0.6) is 0 Å². The van der Waals surface area contributed by atoms with Gasteiger partial charge >= 0.3 is 0 Å². The van der Waals surface area contributed by atoms with E-state index in [-0.39, 0.29) is 18.1 Å². The SMILES string of the molecule is Cc1cc(C(=O)N2CCOC(C(C)N)C2)sc1C. The Hall–Kier alpha value is -0.910. The number of carbonyl (C=O) groups is 1. The number of morpholine rings is 1. The Bertz CT molecular complexity index is 423. The first-order valence-corrected chi connectivity index (χ1v) is 7.04. The zero-order valence-electron chi connectivity index (χ0n) is 11.1. The van der Waals surface area contributed by atoms with Gasteiger partial charge in [-0.1, -0.05) is 0 Å². The summed E-state index contributed by atoms with van der Waals surface area (Å²) in [4.78, 5) is 16.2. The lowest BCUT2D eigenvalue weighted by molar-refractivity contribution is -0.0298. The van der Waals surface area contributed by atoms with Gasteiger partial charge in [-0.3, -0.25) is 4.79 Å². The van der Waals surface area contributed by atoms with Crippen LogP contribution in [0.4, 0.5) is 0 Å². The predicted octanol–water partition coefficient (Wildman–Crippen LogP) is 1.55. The predicted molar refractivity (Wildman–Crippen MR) is 73.1 cm³/mol. The number of hydrogen-bond acceptors (Lipinski definition) is 4. The Labute approximate surface area is 112 Å². The molecule has 0 aromatic carbocycles. The van der Waals surface area contributed by atoms with Crippen molar-refractivity contribution in [1.82, 2.24) is 4.90 Å². The molecule has 2 rings (SSSR count). The van der Waals surface area contributed by atoms with E-state index in [2.05, 4.69) is 0 Å². The van der Waals surface area contributed by atoms with Crippen molar-refractivity contribution in [3.8, 4) is 0 Å². The Morgan fingerprint density at radius 3 is 2.89 bits per heavy atom. The van der Waals surface area contributed by atoms with E-state index in [1.807, 2.05) is 31.7 Å². The summed E-state index contributed by atoms with van der Waals surface area (Å²) < 4.78 is 5.57. The summed E-state index contributed by atoms with van der Waals surface area (Å²) in [5, 5.41) is 0. The van der Waals surface area contributed by atoms with Crippen molar-refractivity contribution >= 4 is 17.2 Å². The van der Waals surface area contributed by atoms with Crippen LogP contribution >= 0.6 is 11.3 Å². The molecule has 18 heavy (non-hydrogen) atoms. The minimum absolute atomic E-state index is 0.0487. The maximum absolute atomic E-state index is 12.4. The molecule has 1 amide bonds. The van der Waals surface area contributed by atoms with Crippen LogP contribution in [0.1, 0.15) is 27.0 Å². The smallest absolute Gasteiger partial charge is 0.264 e. The quantitative estimate of drug-likeness (QED) is 0.885. The van der Waals surface area contributed by atoms with Crippen molar-refractivity contribution in [3.63, 3.8) is 0 Å². The summed E-state index contributed by atoms with van der Waals surface area (Å²) in [6, 6.07) is 1.92. The summed E-state index contributed by atoms with van der Waals surface area (Å²) in [6.45, 7) is 7.80. The summed E-state index contributed by atoms with van der Waals surface area (Å²) >= 11 is 1.56. The number of ether oxygens (including phenoxy) is 1. The molecular formula is C13H20N2O2S. The highest BCUT2D eigenvalue weighted by molar-refractivity contribution is 7.14. The number of aryl methyl sites for hydroxylation is 2. The van der Waals surface area contributed by atoms with Crippen molar-refractivity contribution in [2.45, 2.75) is 32.9 Å². The van der Waals surface area contributed by atoms with Gasteiger partial charge in [-0.2, -0.15) is 0 Å². The molecule has 5 heteroatoms. The van der Waals surface area contributed by atoms with Crippen LogP contribution in [0.15, 0.2) is 6.07 Å². The second kappa shape index (κ2) is 5.38. The molecule has 0 saturated carbocycles. The second-order valence-electron chi connectivity index (χ2n) is 4.87. The number of thiophene rings is 1. The summed E-state index contributed by atoms with van der Waals surface area (Å²) in [7, 11) is 0. The van der Waals surface area contributed by atoms with E-state index in [9.17, 15) is 4.79 Å². The van der Waals surface area contributed by atoms with E-state index in [1.54, 1.807) is 11.3 Å². The molecule has 0 bridgehead atoms. The molecule has 0 radical (unpaired) electrons. The van der Waals surface area contributed by atoms with Crippen molar-refractivity contribution in [2.75, 3.05) is 19.7 Å². The average Bonchev–Trinajstić information content (AvgIpc) is 2.69. The maximum atomic E-state index is 12.4. The molecule has 2 unspecified atom stereocenters. The molecule has 2 N–H and O–H groups in total. The Balaban J connectivity index is 2.09. The fourth-order valence-electron chi connectivity index (χ4n) is 2.01. The van der Waals surface area contributed by atoms with Crippen LogP contribution < -0.4 is 5.73 Å². The minimum atomic E-state index is -0.0511. The number of nitrogens with zero attached hydrogens (tertiary/aromatic N) is 1. The molecule has 0 aliphatic carbocycles. The van der Waals surface area contributed by atoms with Crippen molar-refractivity contribution < 1.29 is 9.53 Å². The molecule has 2 atom stereocenters. The minimum Gasteiger partial charge on any atom is -0.373 e. The molecule has 1 fully saturated rings. The monoisotopic (exact) mass is 268 g/mol. The molecule has 1 saturated heterocycles. The van der Waals surface area contributed by atoms with Gasteiger partial charge < -0.3 is 15.4 Å². The standard InChI is InChI=1S/C13H20N2O2S/c1-8-6-12(18-10(8)3)13(16)15-4-5-17-11(7-15)9(2)14/h6,9,11H,4-5,7,14H2,1-3H3. The zero-order valence-corrected chi connectivity index (χ0v) is 11.9. The van der Waals surface area contributed by atoms with E-state index in [0.717, 1.165) is 4.88 Å². The molecule has 1 aliphatic rings. The van der Waals surface area contributed by atoms with E-state index in [0.29, 0.717) is 19.7 Å². The van der Waals surface area contributed by atoms with Gasteiger partial charge in [0.25, 0.3) is 5.91 Å². The number of hydrogen-bond donors (Lipinski definition) is 1. The van der Waals surface area contributed by atoms with Crippen molar-refractivity contribution in [1.29, 1.82) is 0 Å². The summed E-state index contributed by atoms with van der Waals surface area (Å²) in [6.07, 6.45) is -0.0511. The van der Waals surface area contributed by atoms with Gasteiger partial charge in [0, 0.05) is 24.0 Å². The van der Waals surface area contributed by atoms with Crippen LogP contribution in [0.25, 0.3) is 0 Å². The fourth-order valence-corrected chi connectivity index (χ4v) is 3.01. The molecule has 100 valence electrons. The van der Waals surface area contributed by atoms with Crippen LogP contribution in [0, 0.1) is 13.8 Å². The topological polar surface area (TPSA) is 55.6 Å². The highest BCUT2D eigenvalue weighted by Gasteiger charge is 2.27. The third kappa shape index (κ3) is 2.74. The Morgan fingerprint density at radius 1 is 1.61 bits per heavy atom. The number of carbonyl (C=O) groups excluding carboxylic acids is 1. The van der Waals surface area contributed by atoms with Gasteiger partial charge in [0.15, 0.2) is 0 Å². The van der Waals surface area contributed by atoms with Gasteiger partial charge in [0.1, 0.15) is 0 Å². The first-order chi connectivity index (χ1) is 8.49. The number of amides is 1. The first-order valence-electron chi connectivity index (χ1n) is 6.22. The lowest BCUT2D eigenvalue weighted by atomic mass is 10.1. The molecule has 1 aromatic heterocycles. The zero-order chi connectivity index (χ0) is 13.3. The third-order valence-electron chi connectivity index (χ3n) is 3.34. The maximum Gasteiger partial charge on any atom is 0.264 e. The summed E-state index contributed by atoms with van der Waals surface area (Å²) in [5.74, 6) is 0.102. The average molecular weight is 268 g/mol. The van der Waals surface area contributed by atoms with Gasteiger partial charge in [0.2, 0.25) is 0 Å². The van der Waals surface area contributed by atoms with Gasteiger partial charge in [0.05, 0.1) is 17.6 Å². The van der Waals surface area contributed by atoms with Gasteiger partial charge in [-0.15, -0.1) is 11.3 Å². The van der Waals surface area contributed by atoms with Crippen LogP contribution in [-0.2, 0) is 4.74 Å². The van der Waals surface area contributed by atoms with E-state index in [4.69, 9.17) is 10.5 Å². The molecule has 1 aliphatic heterocycles. The van der Waals surface area contributed by atoms with Crippen LogP contribution in [-0.4, -0.2) is 42.6 Å². The van der Waals surface area contributed by atoms with E-state index < -0.39 is 0 Å². The molecular weight excluding hydrogens is 248 g/mol. The fraction of sp³-hybridized carbons (Fsp3) is 0.615. The molecule has 0 spiro atoms. The number of nitrogens with two attached hydrogens (primary N) is 1. The lowest BCUT2D eigenvalue weighted by Gasteiger charge is -2.34. The van der Waals surface area contributed by atoms with Crippen LogP contribution in [0.2, 0.25) is 0 Å². The Kier molecular flexibility index (Phi) is 4.04. The van der Waals surface area contributed by atoms with E-state index in [1.165, 1.54) is 10.4 Å². The Morgan fingerprint density at radius 2 is 2.33 bits per heavy atom. The largest absolute Gasteiger partial charge is 0.373 e. The molecule has 2 heterocycles. The first kappa shape index (κ1) is 13.5. The van der Waals surface area contributed by atoms with Crippen molar-refractivity contribution in [2.24, 2.45) is 5.73 Å². The normalized spacial score (nSPS) is 22.0. The number of rotatable bonds is 2. The lowest BCUT2D eigenvalue weighted by Crippen LogP contribution is -2.51. The molecule has 4 nitrogen and oxygen atoms in total. The van der Waals surface area contributed by atoms with Gasteiger partial charge in [-0.25, -0.2) is 0 Å². The third-order valence-corrected chi connectivity index (χ3v) is 4.48. The van der Waals surface area contributed by atoms with E-state index >= 15 is 0 Å². The van der Waals surface area contributed by atoms with Crippen LogP contribution in [0.3, 0.4) is 0 Å². The molecule has 1 aromatic rings. The summed E-state index contributed by atoms with van der Waals surface area (Å²) in [5.41, 5.74) is 7.02. The van der Waals surface area contributed by atoms with Crippen molar-refractivity contribution in [3.05, 3.63) is 21.4 Å².